The van der Waals surface area contributed by atoms with Gasteiger partial charge in [-0.25, -0.2) is 0 Å². The van der Waals surface area contributed by atoms with Crippen LogP contribution >= 0.6 is 0 Å². The maximum Gasteiger partial charge on any atom is 0.123 e. The van der Waals surface area contributed by atoms with Crippen molar-refractivity contribution in [2.24, 2.45) is 11.8 Å². The number of aldehydes is 1. The van der Waals surface area contributed by atoms with E-state index in [-0.39, 0.29) is 0 Å². The van der Waals surface area contributed by atoms with Crippen LogP contribution in [0.3, 0.4) is 0 Å². The maximum atomic E-state index is 10.5. The van der Waals surface area contributed by atoms with Crippen LogP contribution in [0, 0.1) is 11.8 Å². The molecule has 0 heterocycles. The van der Waals surface area contributed by atoms with Crippen molar-refractivity contribution in [2.45, 2.75) is 32.6 Å². The molecule has 0 aromatic heterocycles. The minimum absolute atomic E-state index is 0.322. The molecule has 1 nitrogen and oxygen atoms in total. The summed E-state index contributed by atoms with van der Waals surface area (Å²) in [7, 11) is 0. The molecular formula is C10H16O. The lowest BCUT2D eigenvalue weighted by Gasteiger charge is -2.14. The maximum absolute atomic E-state index is 10.5. The molecule has 0 bridgehead atoms. The summed E-state index contributed by atoms with van der Waals surface area (Å²) < 4.78 is 0. The van der Waals surface area contributed by atoms with Crippen molar-refractivity contribution in [3.63, 3.8) is 0 Å². The molecule has 0 N–H and O–H groups in total. The Labute approximate surface area is 68.5 Å². The fraction of sp³-hybridized carbons (Fsp3) is 0.700. The molecule has 2 atom stereocenters. The summed E-state index contributed by atoms with van der Waals surface area (Å²) in [5.74, 6) is 0.986. The summed E-state index contributed by atoms with van der Waals surface area (Å²) in [6.45, 7) is 2.21. The summed E-state index contributed by atoms with van der Waals surface area (Å²) in [6.07, 6.45) is 9.96. The minimum atomic E-state index is 0.322. The predicted octanol–water partition coefficient (Wildman–Crippen LogP) is 2.57. The molecular weight excluding hydrogens is 136 g/mol. The zero-order chi connectivity index (χ0) is 8.10. The topological polar surface area (TPSA) is 17.1 Å². The van der Waals surface area contributed by atoms with E-state index in [1.807, 2.05) is 0 Å². The SMILES string of the molecule is CC1/C=C/CCC(C=O)CC1. The van der Waals surface area contributed by atoms with Crippen LogP contribution in [-0.2, 0) is 4.79 Å². The first kappa shape index (κ1) is 8.51. The van der Waals surface area contributed by atoms with Crippen LogP contribution in [0.25, 0.3) is 0 Å². The quantitative estimate of drug-likeness (QED) is 0.417. The third kappa shape index (κ3) is 2.87. The lowest BCUT2D eigenvalue weighted by molar-refractivity contribution is -0.111. The highest BCUT2D eigenvalue weighted by Gasteiger charge is 2.10. The van der Waals surface area contributed by atoms with Crippen molar-refractivity contribution < 1.29 is 4.79 Å². The van der Waals surface area contributed by atoms with Gasteiger partial charge >= 0.3 is 0 Å². The Kier molecular flexibility index (Phi) is 3.34. The molecule has 62 valence electrons. The molecule has 1 aliphatic carbocycles. The van der Waals surface area contributed by atoms with E-state index >= 15 is 0 Å². The second-order valence-corrected chi connectivity index (χ2v) is 3.46. The Morgan fingerprint density at radius 2 is 2.18 bits per heavy atom. The molecule has 0 radical (unpaired) electrons. The number of allylic oxidation sites excluding steroid dienone is 2. The molecule has 0 spiro atoms. The van der Waals surface area contributed by atoms with E-state index in [2.05, 4.69) is 19.1 Å². The van der Waals surface area contributed by atoms with Crippen LogP contribution in [0.1, 0.15) is 32.6 Å². The summed E-state index contributed by atoms with van der Waals surface area (Å²) >= 11 is 0. The average Bonchev–Trinajstić information content (AvgIpc) is 1.98. The van der Waals surface area contributed by atoms with Crippen LogP contribution in [0.5, 0.6) is 0 Å². The van der Waals surface area contributed by atoms with Gasteiger partial charge in [-0.2, -0.15) is 0 Å². The van der Waals surface area contributed by atoms with Gasteiger partial charge in [0.25, 0.3) is 0 Å². The van der Waals surface area contributed by atoms with E-state index < -0.39 is 0 Å². The number of carbonyl (C=O) groups is 1. The number of hydrogen-bond acceptors (Lipinski definition) is 1. The van der Waals surface area contributed by atoms with Gasteiger partial charge in [-0.15, -0.1) is 0 Å². The van der Waals surface area contributed by atoms with E-state index in [1.165, 1.54) is 6.42 Å². The predicted molar refractivity (Wildman–Crippen MR) is 46.3 cm³/mol. The first-order valence-corrected chi connectivity index (χ1v) is 4.45. The summed E-state index contributed by atoms with van der Waals surface area (Å²) in [5.41, 5.74) is 0. The second kappa shape index (κ2) is 4.32. The summed E-state index contributed by atoms with van der Waals surface area (Å²) in [6, 6.07) is 0. The molecule has 0 fully saturated rings. The molecule has 0 aromatic rings. The average molecular weight is 152 g/mol. The Morgan fingerprint density at radius 3 is 2.91 bits per heavy atom. The van der Waals surface area contributed by atoms with E-state index in [9.17, 15) is 4.79 Å². The van der Waals surface area contributed by atoms with Gasteiger partial charge in [-0.05, 0) is 31.6 Å². The van der Waals surface area contributed by atoms with Gasteiger partial charge in [0, 0.05) is 5.92 Å². The molecule has 0 saturated carbocycles. The van der Waals surface area contributed by atoms with Crippen molar-refractivity contribution >= 4 is 6.29 Å². The van der Waals surface area contributed by atoms with Gasteiger partial charge in [0.05, 0.1) is 0 Å². The molecule has 11 heavy (non-hydrogen) atoms. The zero-order valence-corrected chi connectivity index (χ0v) is 7.12. The lowest BCUT2D eigenvalue weighted by atomic mass is 9.91. The third-order valence-electron chi connectivity index (χ3n) is 2.35. The molecule has 1 heteroatoms. The summed E-state index contributed by atoms with van der Waals surface area (Å²) in [5, 5.41) is 0. The van der Waals surface area contributed by atoms with Gasteiger partial charge in [0.15, 0.2) is 0 Å². The van der Waals surface area contributed by atoms with Gasteiger partial charge < -0.3 is 4.79 Å². The molecule has 2 unspecified atom stereocenters. The first-order valence-electron chi connectivity index (χ1n) is 4.45. The molecule has 0 amide bonds. The van der Waals surface area contributed by atoms with E-state index in [1.54, 1.807) is 0 Å². The number of rotatable bonds is 1. The van der Waals surface area contributed by atoms with Crippen LogP contribution in [0.4, 0.5) is 0 Å². The molecule has 0 aliphatic heterocycles. The number of carbonyl (C=O) groups excluding carboxylic acids is 1. The summed E-state index contributed by atoms with van der Waals surface area (Å²) in [4.78, 5) is 10.5. The molecule has 1 aliphatic rings. The monoisotopic (exact) mass is 152 g/mol. The van der Waals surface area contributed by atoms with Crippen molar-refractivity contribution in [2.75, 3.05) is 0 Å². The Balaban J connectivity index is 2.43. The Morgan fingerprint density at radius 1 is 1.36 bits per heavy atom. The highest BCUT2D eigenvalue weighted by Crippen LogP contribution is 2.19. The fourth-order valence-corrected chi connectivity index (χ4v) is 1.49. The smallest absolute Gasteiger partial charge is 0.123 e. The van der Waals surface area contributed by atoms with Crippen LogP contribution in [0.2, 0.25) is 0 Å². The highest BCUT2D eigenvalue weighted by atomic mass is 16.1. The first-order chi connectivity index (χ1) is 5.33. The van der Waals surface area contributed by atoms with E-state index in [0.717, 1.165) is 25.5 Å². The van der Waals surface area contributed by atoms with Gasteiger partial charge in [0.2, 0.25) is 0 Å². The minimum Gasteiger partial charge on any atom is -0.303 e. The van der Waals surface area contributed by atoms with Crippen molar-refractivity contribution in [1.29, 1.82) is 0 Å². The van der Waals surface area contributed by atoms with Crippen LogP contribution in [-0.4, -0.2) is 6.29 Å². The molecule has 0 aromatic carbocycles. The van der Waals surface area contributed by atoms with E-state index in [0.29, 0.717) is 11.8 Å². The lowest BCUT2D eigenvalue weighted by Crippen LogP contribution is -2.05. The highest BCUT2D eigenvalue weighted by molar-refractivity contribution is 5.53. The normalized spacial score (nSPS) is 35.4. The Bertz CT molecular complexity index is 149. The Hall–Kier alpha value is -0.590. The number of hydrogen-bond donors (Lipinski definition) is 0. The molecule has 0 saturated heterocycles. The molecule has 1 rings (SSSR count). The van der Waals surface area contributed by atoms with Crippen molar-refractivity contribution in [3.8, 4) is 0 Å². The third-order valence-corrected chi connectivity index (χ3v) is 2.35. The second-order valence-electron chi connectivity index (χ2n) is 3.46. The van der Waals surface area contributed by atoms with Gasteiger partial charge in [-0.3, -0.25) is 0 Å². The van der Waals surface area contributed by atoms with Gasteiger partial charge in [-0.1, -0.05) is 19.1 Å². The standard InChI is InChI=1S/C10H16O/c1-9-4-2-3-5-10(8-11)7-6-9/h2,4,8-10H,3,5-7H2,1H3/b4-2+. The van der Waals surface area contributed by atoms with Crippen LogP contribution < -0.4 is 0 Å². The largest absolute Gasteiger partial charge is 0.303 e. The van der Waals surface area contributed by atoms with E-state index in [4.69, 9.17) is 0 Å². The van der Waals surface area contributed by atoms with Crippen molar-refractivity contribution in [3.05, 3.63) is 12.2 Å². The van der Waals surface area contributed by atoms with Gasteiger partial charge in [0.1, 0.15) is 6.29 Å². The van der Waals surface area contributed by atoms with Crippen molar-refractivity contribution in [1.82, 2.24) is 0 Å². The zero-order valence-electron chi connectivity index (χ0n) is 7.12. The van der Waals surface area contributed by atoms with Crippen LogP contribution in [0.15, 0.2) is 12.2 Å². The fourth-order valence-electron chi connectivity index (χ4n) is 1.49.